The van der Waals surface area contributed by atoms with E-state index in [0.29, 0.717) is 5.88 Å². The Hall–Kier alpha value is -1.35. The van der Waals surface area contributed by atoms with Gasteiger partial charge in [0, 0.05) is 10.5 Å². The second-order valence-corrected chi connectivity index (χ2v) is 4.67. The van der Waals surface area contributed by atoms with E-state index in [2.05, 4.69) is 40.0 Å². The minimum absolute atomic E-state index is 0.620. The zero-order valence-electron chi connectivity index (χ0n) is 9.90. The van der Waals surface area contributed by atoms with Gasteiger partial charge in [0.25, 0.3) is 0 Å². The molecular formula is C14H14BrNO. The number of nitrogens with zero attached hydrogens (tertiary/aromatic N) is 1. The Morgan fingerprint density at radius 2 is 1.82 bits per heavy atom. The third-order valence-corrected chi connectivity index (χ3v) is 3.39. The van der Waals surface area contributed by atoms with E-state index in [-0.39, 0.29) is 0 Å². The van der Waals surface area contributed by atoms with Crippen molar-refractivity contribution in [2.75, 3.05) is 0 Å². The number of aromatic nitrogens is 1. The summed E-state index contributed by atoms with van der Waals surface area (Å²) in [4.78, 5) is 4.34. The summed E-state index contributed by atoms with van der Waals surface area (Å²) in [6.07, 6.45) is 1.04. The Morgan fingerprint density at radius 3 is 2.41 bits per heavy atom. The molecular weight excluding hydrogens is 278 g/mol. The van der Waals surface area contributed by atoms with E-state index >= 15 is 0 Å². The third kappa shape index (κ3) is 3.07. The van der Waals surface area contributed by atoms with Gasteiger partial charge in [-0.25, -0.2) is 4.98 Å². The van der Waals surface area contributed by atoms with Gasteiger partial charge >= 0.3 is 0 Å². The number of halogens is 1. The van der Waals surface area contributed by atoms with Crippen molar-refractivity contribution in [3.8, 4) is 11.6 Å². The molecule has 1 aromatic carbocycles. The first-order valence-electron chi connectivity index (χ1n) is 5.59. The van der Waals surface area contributed by atoms with Crippen LogP contribution in [0.1, 0.15) is 18.2 Å². The number of pyridine rings is 1. The highest BCUT2D eigenvalue weighted by Crippen LogP contribution is 2.23. The van der Waals surface area contributed by atoms with E-state index in [1.807, 2.05) is 31.2 Å². The van der Waals surface area contributed by atoms with E-state index in [0.717, 1.165) is 22.3 Å². The number of benzene rings is 1. The Kier molecular flexibility index (Phi) is 3.79. The third-order valence-electron chi connectivity index (χ3n) is 2.55. The fourth-order valence-corrected chi connectivity index (χ4v) is 1.71. The Bertz CT molecular complexity index is 508. The lowest BCUT2D eigenvalue weighted by molar-refractivity contribution is 0.461. The average Bonchev–Trinajstić information content (AvgIpc) is 2.35. The molecule has 0 atom stereocenters. The van der Waals surface area contributed by atoms with Crippen molar-refractivity contribution in [3.05, 3.63) is 52.1 Å². The van der Waals surface area contributed by atoms with Crippen LogP contribution in [-0.2, 0) is 6.42 Å². The Morgan fingerprint density at radius 1 is 1.12 bits per heavy atom. The normalized spacial score (nSPS) is 10.3. The predicted molar refractivity (Wildman–Crippen MR) is 72.6 cm³/mol. The molecule has 0 unspecified atom stereocenters. The molecule has 0 saturated carbocycles. The molecule has 0 amide bonds. The van der Waals surface area contributed by atoms with Crippen LogP contribution in [0.4, 0.5) is 0 Å². The number of hydrogen-bond donors (Lipinski definition) is 0. The summed E-state index contributed by atoms with van der Waals surface area (Å²) in [5.74, 6) is 1.44. The maximum Gasteiger partial charge on any atom is 0.219 e. The number of rotatable bonds is 3. The van der Waals surface area contributed by atoms with Crippen molar-refractivity contribution in [1.82, 2.24) is 4.98 Å². The first-order valence-corrected chi connectivity index (χ1v) is 6.38. The van der Waals surface area contributed by atoms with Gasteiger partial charge in [0.1, 0.15) is 5.75 Å². The van der Waals surface area contributed by atoms with Gasteiger partial charge in [0.05, 0.1) is 5.69 Å². The molecule has 0 aliphatic rings. The molecule has 0 bridgehead atoms. The lowest BCUT2D eigenvalue weighted by Gasteiger charge is -2.06. The van der Waals surface area contributed by atoms with Crippen LogP contribution in [0.5, 0.6) is 11.6 Å². The van der Waals surface area contributed by atoms with Crippen molar-refractivity contribution < 1.29 is 4.74 Å². The zero-order valence-corrected chi connectivity index (χ0v) is 11.5. The lowest BCUT2D eigenvalue weighted by atomic mass is 10.2. The largest absolute Gasteiger partial charge is 0.439 e. The van der Waals surface area contributed by atoms with Crippen LogP contribution in [-0.4, -0.2) is 4.98 Å². The highest BCUT2D eigenvalue weighted by atomic mass is 79.9. The Balaban J connectivity index is 2.16. The minimum Gasteiger partial charge on any atom is -0.439 e. The molecule has 2 rings (SSSR count). The van der Waals surface area contributed by atoms with Gasteiger partial charge in [-0.15, -0.1) is 0 Å². The molecule has 17 heavy (non-hydrogen) atoms. The summed E-state index contributed by atoms with van der Waals surface area (Å²) >= 11 is 3.42. The standard InChI is InChI=1S/C14H14BrNO/c1-3-11-4-6-12(7-5-11)17-14-9-8-13(15)10(2)16-14/h4-9H,3H2,1-2H3. The number of aryl methyl sites for hydroxylation is 2. The fraction of sp³-hybridized carbons (Fsp3) is 0.214. The summed E-state index contributed by atoms with van der Waals surface area (Å²) in [6.45, 7) is 4.08. The van der Waals surface area contributed by atoms with E-state index < -0.39 is 0 Å². The Labute approximate surface area is 110 Å². The van der Waals surface area contributed by atoms with Crippen LogP contribution >= 0.6 is 15.9 Å². The fourth-order valence-electron chi connectivity index (χ4n) is 1.49. The number of ether oxygens (including phenoxy) is 1. The molecule has 2 nitrogen and oxygen atoms in total. The van der Waals surface area contributed by atoms with E-state index in [1.165, 1.54) is 5.56 Å². The second-order valence-electron chi connectivity index (χ2n) is 3.82. The van der Waals surface area contributed by atoms with Gasteiger partial charge < -0.3 is 4.74 Å². The first-order chi connectivity index (χ1) is 8.19. The van der Waals surface area contributed by atoms with Gasteiger partial charge in [-0.2, -0.15) is 0 Å². The summed E-state index contributed by atoms with van der Waals surface area (Å²) in [5, 5.41) is 0. The summed E-state index contributed by atoms with van der Waals surface area (Å²) in [5.41, 5.74) is 2.23. The van der Waals surface area contributed by atoms with Crippen molar-refractivity contribution in [2.45, 2.75) is 20.3 Å². The van der Waals surface area contributed by atoms with Crippen LogP contribution in [0.25, 0.3) is 0 Å². The highest BCUT2D eigenvalue weighted by molar-refractivity contribution is 9.10. The quantitative estimate of drug-likeness (QED) is 0.830. The van der Waals surface area contributed by atoms with Crippen LogP contribution in [0, 0.1) is 6.92 Å². The van der Waals surface area contributed by atoms with Crippen LogP contribution in [0.2, 0.25) is 0 Å². The molecule has 1 heterocycles. The average molecular weight is 292 g/mol. The van der Waals surface area contributed by atoms with Gasteiger partial charge in [-0.3, -0.25) is 0 Å². The van der Waals surface area contributed by atoms with E-state index in [1.54, 1.807) is 0 Å². The molecule has 0 aliphatic carbocycles. The van der Waals surface area contributed by atoms with Crippen LogP contribution in [0.3, 0.4) is 0 Å². The van der Waals surface area contributed by atoms with Crippen molar-refractivity contribution in [3.63, 3.8) is 0 Å². The van der Waals surface area contributed by atoms with Crippen LogP contribution in [0.15, 0.2) is 40.9 Å². The number of hydrogen-bond acceptors (Lipinski definition) is 2. The molecule has 88 valence electrons. The molecule has 0 saturated heterocycles. The highest BCUT2D eigenvalue weighted by Gasteiger charge is 2.01. The SMILES string of the molecule is CCc1ccc(Oc2ccc(Br)c(C)n2)cc1. The van der Waals surface area contributed by atoms with Crippen molar-refractivity contribution >= 4 is 15.9 Å². The summed E-state index contributed by atoms with van der Waals surface area (Å²) in [6, 6.07) is 11.9. The first kappa shape index (κ1) is 12.1. The monoisotopic (exact) mass is 291 g/mol. The minimum atomic E-state index is 0.620. The molecule has 3 heteroatoms. The molecule has 1 aromatic heterocycles. The van der Waals surface area contributed by atoms with Gasteiger partial charge in [0.2, 0.25) is 5.88 Å². The molecule has 0 fully saturated rings. The van der Waals surface area contributed by atoms with Crippen molar-refractivity contribution in [2.24, 2.45) is 0 Å². The topological polar surface area (TPSA) is 22.1 Å². The zero-order chi connectivity index (χ0) is 12.3. The smallest absolute Gasteiger partial charge is 0.219 e. The molecule has 0 N–H and O–H groups in total. The maximum atomic E-state index is 5.68. The predicted octanol–water partition coefficient (Wildman–Crippen LogP) is 4.51. The van der Waals surface area contributed by atoms with Crippen molar-refractivity contribution in [1.29, 1.82) is 0 Å². The summed E-state index contributed by atoms with van der Waals surface area (Å²) < 4.78 is 6.67. The molecule has 0 spiro atoms. The van der Waals surface area contributed by atoms with Gasteiger partial charge in [-0.1, -0.05) is 19.1 Å². The van der Waals surface area contributed by atoms with Gasteiger partial charge in [0.15, 0.2) is 0 Å². The summed E-state index contributed by atoms with van der Waals surface area (Å²) in [7, 11) is 0. The van der Waals surface area contributed by atoms with E-state index in [4.69, 9.17) is 4.74 Å². The maximum absolute atomic E-state index is 5.68. The lowest BCUT2D eigenvalue weighted by Crippen LogP contribution is -1.90. The molecule has 0 radical (unpaired) electrons. The van der Waals surface area contributed by atoms with Crippen LogP contribution < -0.4 is 4.74 Å². The van der Waals surface area contributed by atoms with Gasteiger partial charge in [-0.05, 0) is 53.0 Å². The second kappa shape index (κ2) is 5.32. The van der Waals surface area contributed by atoms with E-state index in [9.17, 15) is 0 Å². The molecule has 2 aromatic rings. The molecule has 0 aliphatic heterocycles.